The van der Waals surface area contributed by atoms with E-state index in [4.69, 9.17) is 19.2 Å². The van der Waals surface area contributed by atoms with Gasteiger partial charge in [-0.15, -0.1) is 0 Å². The van der Waals surface area contributed by atoms with E-state index in [9.17, 15) is 9.59 Å². The Morgan fingerprint density at radius 1 is 1.17 bits per heavy atom. The van der Waals surface area contributed by atoms with E-state index in [2.05, 4.69) is 5.10 Å². The lowest BCUT2D eigenvalue weighted by atomic mass is 9.88. The average Bonchev–Trinajstić information content (AvgIpc) is 2.89. The highest BCUT2D eigenvalue weighted by Crippen LogP contribution is 2.33. The minimum absolute atomic E-state index is 0.170. The third-order valence-electron chi connectivity index (χ3n) is 6.20. The predicted molar refractivity (Wildman–Crippen MR) is 135 cm³/mol. The molecule has 0 radical (unpaired) electrons. The van der Waals surface area contributed by atoms with E-state index >= 15 is 0 Å². The van der Waals surface area contributed by atoms with Crippen molar-refractivity contribution < 1.29 is 19.0 Å². The molecule has 0 unspecified atom stereocenters. The second-order valence-electron chi connectivity index (χ2n) is 8.57. The summed E-state index contributed by atoms with van der Waals surface area (Å²) in [5.74, 6) is 1.16. The molecule has 1 saturated carbocycles. The monoisotopic (exact) mass is 477 g/mol. The molecule has 8 nitrogen and oxygen atoms in total. The third-order valence-corrected chi connectivity index (χ3v) is 6.20. The van der Waals surface area contributed by atoms with Crippen molar-refractivity contribution >= 4 is 23.1 Å². The van der Waals surface area contributed by atoms with Crippen molar-refractivity contribution in [1.82, 2.24) is 9.66 Å². The number of carbonyl (C=O) groups is 1. The minimum atomic E-state index is -0.846. The molecule has 1 aliphatic rings. The van der Waals surface area contributed by atoms with Crippen LogP contribution in [0.15, 0.2) is 52.4 Å². The normalized spacial score (nSPS) is 15.3. The van der Waals surface area contributed by atoms with Gasteiger partial charge in [-0.25, -0.2) is 9.78 Å². The molecule has 0 aliphatic heterocycles. The van der Waals surface area contributed by atoms with Gasteiger partial charge in [0.05, 0.1) is 30.8 Å². The molecule has 0 amide bonds. The highest BCUT2D eigenvalue weighted by atomic mass is 16.6. The summed E-state index contributed by atoms with van der Waals surface area (Å²) in [4.78, 5) is 30.5. The Hall–Kier alpha value is -3.68. The van der Waals surface area contributed by atoms with Crippen molar-refractivity contribution in [3.63, 3.8) is 0 Å². The fourth-order valence-electron chi connectivity index (χ4n) is 4.40. The summed E-state index contributed by atoms with van der Waals surface area (Å²) in [6, 6.07) is 12.7. The molecule has 1 fully saturated rings. The van der Waals surface area contributed by atoms with Crippen LogP contribution in [0.1, 0.15) is 63.3 Å². The summed E-state index contributed by atoms with van der Waals surface area (Å²) in [6.07, 6.45) is 6.07. The van der Waals surface area contributed by atoms with Crippen LogP contribution in [-0.2, 0) is 9.53 Å². The van der Waals surface area contributed by atoms with Gasteiger partial charge in [0.2, 0.25) is 0 Å². The highest BCUT2D eigenvalue weighted by molar-refractivity contribution is 5.86. The average molecular weight is 478 g/mol. The summed E-state index contributed by atoms with van der Waals surface area (Å²) in [5.41, 5.74) is 1.03. The number of hydrogen-bond donors (Lipinski definition) is 0. The highest BCUT2D eigenvalue weighted by Gasteiger charge is 2.23. The molecule has 2 aromatic carbocycles. The van der Waals surface area contributed by atoms with Crippen LogP contribution in [0, 0.1) is 0 Å². The molecule has 1 aliphatic carbocycles. The Labute approximate surface area is 204 Å². The van der Waals surface area contributed by atoms with Crippen molar-refractivity contribution in [2.24, 2.45) is 5.10 Å². The van der Waals surface area contributed by atoms with E-state index in [1.165, 1.54) is 18.2 Å². The van der Waals surface area contributed by atoms with E-state index in [-0.39, 0.29) is 18.1 Å². The molecule has 1 heterocycles. The van der Waals surface area contributed by atoms with Crippen LogP contribution in [0.5, 0.6) is 11.5 Å². The van der Waals surface area contributed by atoms with E-state index in [0.29, 0.717) is 33.8 Å². The van der Waals surface area contributed by atoms with Crippen molar-refractivity contribution in [3.05, 3.63) is 64.2 Å². The summed E-state index contributed by atoms with van der Waals surface area (Å²) in [7, 11) is 1.52. The SMILES string of the molecule is CCOC(=O)[C@H](C)Oc1c(C=Nn2c(C3CCCCC3)nc3ccccc3c2=O)cccc1OC. The van der Waals surface area contributed by atoms with Crippen LogP contribution in [0.25, 0.3) is 10.9 Å². The lowest BCUT2D eigenvalue weighted by Gasteiger charge is -2.23. The van der Waals surface area contributed by atoms with Crippen molar-refractivity contribution in [2.45, 2.75) is 58.0 Å². The number of rotatable bonds is 8. The second kappa shape index (κ2) is 11.2. The number of benzene rings is 2. The fraction of sp³-hybridized carbons (Fsp3) is 0.407. The first-order chi connectivity index (χ1) is 17.0. The van der Waals surface area contributed by atoms with Crippen molar-refractivity contribution in [3.8, 4) is 11.5 Å². The molecule has 0 spiro atoms. The molecular weight excluding hydrogens is 446 g/mol. The van der Waals surface area contributed by atoms with Crippen LogP contribution in [0.3, 0.4) is 0 Å². The minimum Gasteiger partial charge on any atom is -0.493 e. The smallest absolute Gasteiger partial charge is 0.347 e. The number of nitrogens with zero attached hydrogens (tertiary/aromatic N) is 3. The first kappa shape index (κ1) is 24.4. The maximum atomic E-state index is 13.5. The lowest BCUT2D eigenvalue weighted by molar-refractivity contribution is -0.150. The van der Waals surface area contributed by atoms with Gasteiger partial charge in [-0.1, -0.05) is 37.5 Å². The zero-order valence-corrected chi connectivity index (χ0v) is 20.4. The molecule has 0 N–H and O–H groups in total. The number of fused-ring (bicyclic) bond motifs is 1. The standard InChI is InChI=1S/C27H31N3O5/c1-4-34-27(32)18(2)35-24-20(13-10-16-23(24)33-3)17-28-30-25(19-11-6-5-7-12-19)29-22-15-9-8-14-21(22)26(30)31/h8-10,13-19H,4-7,11-12H2,1-3H3/t18-/m0/s1. The zero-order valence-electron chi connectivity index (χ0n) is 20.4. The summed E-state index contributed by atoms with van der Waals surface area (Å²) < 4.78 is 17.9. The fourth-order valence-corrected chi connectivity index (χ4v) is 4.40. The zero-order chi connectivity index (χ0) is 24.8. The Kier molecular flexibility index (Phi) is 7.80. The van der Waals surface area contributed by atoms with E-state index < -0.39 is 12.1 Å². The lowest BCUT2D eigenvalue weighted by Crippen LogP contribution is -2.27. The molecule has 3 aromatic rings. The van der Waals surface area contributed by atoms with Crippen LogP contribution in [0.2, 0.25) is 0 Å². The van der Waals surface area contributed by atoms with Gasteiger partial charge in [-0.2, -0.15) is 9.78 Å². The number of ether oxygens (including phenoxy) is 3. The summed E-state index contributed by atoms with van der Waals surface area (Å²) >= 11 is 0. The Balaban J connectivity index is 1.77. The Morgan fingerprint density at radius 2 is 1.94 bits per heavy atom. The summed E-state index contributed by atoms with van der Waals surface area (Å²) in [5, 5.41) is 5.11. The molecule has 0 saturated heterocycles. The van der Waals surface area contributed by atoms with Gasteiger partial charge in [-0.05, 0) is 51.0 Å². The topological polar surface area (TPSA) is 92.0 Å². The largest absolute Gasteiger partial charge is 0.493 e. The first-order valence-corrected chi connectivity index (χ1v) is 12.1. The maximum absolute atomic E-state index is 13.5. The quantitative estimate of drug-likeness (QED) is 0.346. The molecule has 1 aromatic heterocycles. The molecule has 8 heteroatoms. The number of esters is 1. The molecule has 35 heavy (non-hydrogen) atoms. The number of hydrogen-bond acceptors (Lipinski definition) is 7. The van der Waals surface area contributed by atoms with Gasteiger partial charge in [0.15, 0.2) is 17.6 Å². The van der Waals surface area contributed by atoms with E-state index in [0.717, 1.165) is 25.7 Å². The van der Waals surface area contributed by atoms with Crippen LogP contribution >= 0.6 is 0 Å². The van der Waals surface area contributed by atoms with Gasteiger partial charge < -0.3 is 14.2 Å². The van der Waals surface area contributed by atoms with Crippen molar-refractivity contribution in [1.29, 1.82) is 0 Å². The van der Waals surface area contributed by atoms with Crippen molar-refractivity contribution in [2.75, 3.05) is 13.7 Å². The molecule has 1 atom stereocenters. The van der Waals surface area contributed by atoms with E-state index in [1.54, 1.807) is 44.3 Å². The molecule has 4 rings (SSSR count). The molecule has 0 bridgehead atoms. The van der Waals surface area contributed by atoms with Gasteiger partial charge in [0.1, 0.15) is 5.82 Å². The van der Waals surface area contributed by atoms with Gasteiger partial charge >= 0.3 is 5.97 Å². The van der Waals surface area contributed by atoms with Gasteiger partial charge in [0.25, 0.3) is 5.56 Å². The van der Waals surface area contributed by atoms with Crippen LogP contribution in [-0.4, -0.2) is 41.7 Å². The number of methoxy groups -OCH3 is 1. The maximum Gasteiger partial charge on any atom is 0.347 e. The third kappa shape index (κ3) is 5.37. The molecular formula is C27H31N3O5. The number of aromatic nitrogens is 2. The predicted octanol–water partition coefficient (Wildman–Crippen LogP) is 4.67. The molecule has 184 valence electrons. The number of carbonyl (C=O) groups excluding carboxylic acids is 1. The van der Waals surface area contributed by atoms with Gasteiger partial charge in [-0.3, -0.25) is 4.79 Å². The van der Waals surface area contributed by atoms with Crippen LogP contribution < -0.4 is 15.0 Å². The van der Waals surface area contributed by atoms with E-state index in [1.807, 2.05) is 18.2 Å². The Bertz CT molecular complexity index is 1280. The summed E-state index contributed by atoms with van der Waals surface area (Å²) in [6.45, 7) is 3.62. The van der Waals surface area contributed by atoms with Crippen LogP contribution in [0.4, 0.5) is 0 Å². The first-order valence-electron chi connectivity index (χ1n) is 12.1. The van der Waals surface area contributed by atoms with Gasteiger partial charge in [0, 0.05) is 11.5 Å². The second-order valence-corrected chi connectivity index (χ2v) is 8.57. The number of para-hydroxylation sites is 2. The Morgan fingerprint density at radius 3 is 2.69 bits per heavy atom.